The predicted molar refractivity (Wildman–Crippen MR) is 87.5 cm³/mol. The Bertz CT molecular complexity index is 390. The van der Waals surface area contributed by atoms with E-state index in [1.807, 2.05) is 6.92 Å². The zero-order valence-corrected chi connectivity index (χ0v) is 13.3. The second kappa shape index (κ2) is 7.87. The summed E-state index contributed by atoms with van der Waals surface area (Å²) >= 11 is 0. The van der Waals surface area contributed by atoms with Gasteiger partial charge in [-0.25, -0.2) is 0 Å². The summed E-state index contributed by atoms with van der Waals surface area (Å²) in [6, 6.07) is 8.09. The van der Waals surface area contributed by atoms with E-state index in [1.165, 1.54) is 18.5 Å². The largest absolute Gasteiger partial charge is 0.391 e. The number of nitrogens with two attached hydrogens (primary N) is 1. The molecule has 1 unspecified atom stereocenters. The van der Waals surface area contributed by atoms with Gasteiger partial charge in [-0.15, -0.1) is 12.4 Å². The second-order valence-corrected chi connectivity index (χ2v) is 5.69. The van der Waals surface area contributed by atoms with Crippen molar-refractivity contribution in [1.82, 2.24) is 0 Å². The molecule has 0 bridgehead atoms. The molecular weight excluding hydrogens is 272 g/mol. The molecule has 20 heavy (non-hydrogen) atoms. The summed E-state index contributed by atoms with van der Waals surface area (Å²) in [6.07, 6.45) is 3.05. The third-order valence-electron chi connectivity index (χ3n) is 4.34. The monoisotopic (exact) mass is 298 g/mol. The van der Waals surface area contributed by atoms with Gasteiger partial charge < -0.3 is 15.7 Å². The minimum Gasteiger partial charge on any atom is -0.391 e. The molecule has 1 saturated heterocycles. The van der Waals surface area contributed by atoms with E-state index < -0.39 is 6.10 Å². The number of anilines is 1. The first-order valence-corrected chi connectivity index (χ1v) is 7.42. The lowest BCUT2D eigenvalue weighted by atomic mass is 9.91. The number of aliphatic hydroxyl groups excluding tert-OH is 1. The number of hydrogen-bond donors (Lipinski definition) is 2. The van der Waals surface area contributed by atoms with Gasteiger partial charge in [0.15, 0.2) is 0 Å². The average Bonchev–Trinajstić information content (AvgIpc) is 2.99. The van der Waals surface area contributed by atoms with Crippen LogP contribution in [0.5, 0.6) is 0 Å². The van der Waals surface area contributed by atoms with Crippen LogP contribution in [0.4, 0.5) is 5.69 Å². The van der Waals surface area contributed by atoms with Crippen molar-refractivity contribution in [3.8, 4) is 0 Å². The van der Waals surface area contributed by atoms with Crippen molar-refractivity contribution in [2.75, 3.05) is 18.0 Å². The lowest BCUT2D eigenvalue weighted by molar-refractivity contribution is 0.0880. The first kappa shape index (κ1) is 17.3. The minimum atomic E-state index is -0.470. The van der Waals surface area contributed by atoms with Crippen LogP contribution in [0.3, 0.4) is 0 Å². The van der Waals surface area contributed by atoms with Crippen LogP contribution in [0.25, 0.3) is 0 Å². The standard InChI is InChI=1S/C16H26N2O.ClH/c1-3-12(2)16(19)15(17)13-6-8-14(9-7-13)18-10-4-5-11-18;/h6-9,12,15-16,19H,3-5,10-11,17H2,1-2H3;1H/t12?,15-,16+;/m1./s1. The first-order valence-electron chi connectivity index (χ1n) is 7.42. The van der Waals surface area contributed by atoms with Crippen molar-refractivity contribution in [2.45, 2.75) is 45.3 Å². The fraction of sp³-hybridized carbons (Fsp3) is 0.625. The van der Waals surface area contributed by atoms with Gasteiger partial charge in [-0.1, -0.05) is 32.4 Å². The highest BCUT2D eigenvalue weighted by molar-refractivity contribution is 5.85. The van der Waals surface area contributed by atoms with Crippen LogP contribution in [-0.2, 0) is 0 Å². The van der Waals surface area contributed by atoms with Gasteiger partial charge in [0.2, 0.25) is 0 Å². The molecule has 1 aliphatic rings. The minimum absolute atomic E-state index is 0. The number of halogens is 1. The summed E-state index contributed by atoms with van der Waals surface area (Å²) in [5.74, 6) is 0.230. The lowest BCUT2D eigenvalue weighted by Gasteiger charge is -2.25. The van der Waals surface area contributed by atoms with E-state index in [1.54, 1.807) is 0 Å². The summed E-state index contributed by atoms with van der Waals surface area (Å²) < 4.78 is 0. The molecule has 0 amide bonds. The third-order valence-corrected chi connectivity index (χ3v) is 4.34. The van der Waals surface area contributed by atoms with Gasteiger partial charge in [0.05, 0.1) is 12.1 Å². The van der Waals surface area contributed by atoms with E-state index >= 15 is 0 Å². The molecule has 114 valence electrons. The molecule has 0 radical (unpaired) electrons. The molecule has 1 heterocycles. The zero-order chi connectivity index (χ0) is 13.8. The Morgan fingerprint density at radius 2 is 1.75 bits per heavy atom. The molecule has 1 aromatic rings. The summed E-state index contributed by atoms with van der Waals surface area (Å²) in [7, 11) is 0. The topological polar surface area (TPSA) is 49.5 Å². The van der Waals surface area contributed by atoms with Gasteiger partial charge in [-0.2, -0.15) is 0 Å². The van der Waals surface area contributed by atoms with E-state index in [9.17, 15) is 5.11 Å². The Morgan fingerprint density at radius 1 is 1.20 bits per heavy atom. The van der Waals surface area contributed by atoms with Crippen molar-refractivity contribution in [3.05, 3.63) is 29.8 Å². The Hall–Kier alpha value is -0.770. The summed E-state index contributed by atoms with van der Waals surface area (Å²) in [5, 5.41) is 10.2. The van der Waals surface area contributed by atoms with Crippen LogP contribution in [0.1, 0.15) is 44.7 Å². The van der Waals surface area contributed by atoms with E-state index in [0.717, 1.165) is 25.1 Å². The van der Waals surface area contributed by atoms with Gasteiger partial charge in [0.25, 0.3) is 0 Å². The number of benzene rings is 1. The molecule has 1 aliphatic heterocycles. The molecule has 0 aromatic heterocycles. The van der Waals surface area contributed by atoms with Crippen molar-refractivity contribution in [2.24, 2.45) is 11.7 Å². The zero-order valence-electron chi connectivity index (χ0n) is 12.5. The SMILES string of the molecule is CCC(C)[C@H](O)[C@H](N)c1ccc(N2CCCC2)cc1.Cl. The molecule has 3 atom stereocenters. The normalized spacial score (nSPS) is 19.3. The Labute approximate surface area is 128 Å². The Kier molecular flexibility index (Phi) is 6.80. The van der Waals surface area contributed by atoms with Crippen LogP contribution in [0.2, 0.25) is 0 Å². The number of nitrogens with zero attached hydrogens (tertiary/aromatic N) is 1. The maximum absolute atomic E-state index is 10.2. The highest BCUT2D eigenvalue weighted by Gasteiger charge is 2.22. The predicted octanol–water partition coefficient (Wildman–Crippen LogP) is 3.12. The summed E-state index contributed by atoms with van der Waals surface area (Å²) in [6.45, 7) is 6.43. The fourth-order valence-corrected chi connectivity index (χ4v) is 2.68. The third kappa shape index (κ3) is 3.87. The molecule has 0 spiro atoms. The van der Waals surface area contributed by atoms with Crippen LogP contribution >= 0.6 is 12.4 Å². The van der Waals surface area contributed by atoms with Crippen molar-refractivity contribution >= 4 is 18.1 Å². The van der Waals surface area contributed by atoms with E-state index in [4.69, 9.17) is 5.73 Å². The molecule has 3 nitrogen and oxygen atoms in total. The Morgan fingerprint density at radius 3 is 2.25 bits per heavy atom. The van der Waals surface area contributed by atoms with Crippen LogP contribution < -0.4 is 10.6 Å². The van der Waals surface area contributed by atoms with Crippen LogP contribution in [0, 0.1) is 5.92 Å². The number of rotatable bonds is 5. The van der Waals surface area contributed by atoms with Gasteiger partial charge in [-0.05, 0) is 36.5 Å². The molecule has 2 rings (SSSR count). The highest BCUT2D eigenvalue weighted by atomic mass is 35.5. The van der Waals surface area contributed by atoms with Crippen molar-refractivity contribution in [3.63, 3.8) is 0 Å². The Balaban J connectivity index is 0.00000200. The van der Waals surface area contributed by atoms with Crippen LogP contribution in [0.15, 0.2) is 24.3 Å². The second-order valence-electron chi connectivity index (χ2n) is 5.69. The lowest BCUT2D eigenvalue weighted by Crippen LogP contribution is -2.31. The molecule has 0 saturated carbocycles. The maximum Gasteiger partial charge on any atom is 0.0758 e. The van der Waals surface area contributed by atoms with Gasteiger partial charge in [0.1, 0.15) is 0 Å². The van der Waals surface area contributed by atoms with E-state index in [0.29, 0.717) is 0 Å². The summed E-state index contributed by atoms with van der Waals surface area (Å²) in [4.78, 5) is 2.40. The van der Waals surface area contributed by atoms with Gasteiger partial charge >= 0.3 is 0 Å². The van der Waals surface area contributed by atoms with Crippen LogP contribution in [-0.4, -0.2) is 24.3 Å². The average molecular weight is 299 g/mol. The first-order chi connectivity index (χ1) is 9.13. The fourth-order valence-electron chi connectivity index (χ4n) is 2.68. The molecular formula is C16H27ClN2O. The summed E-state index contributed by atoms with van der Waals surface area (Å²) in [5.41, 5.74) is 8.45. The molecule has 1 fully saturated rings. The highest BCUT2D eigenvalue weighted by Crippen LogP contribution is 2.25. The maximum atomic E-state index is 10.2. The van der Waals surface area contributed by atoms with Gasteiger partial charge in [-0.3, -0.25) is 0 Å². The smallest absolute Gasteiger partial charge is 0.0758 e. The quantitative estimate of drug-likeness (QED) is 0.878. The van der Waals surface area contributed by atoms with Crippen molar-refractivity contribution < 1.29 is 5.11 Å². The number of aliphatic hydroxyl groups is 1. The molecule has 4 heteroatoms. The molecule has 1 aromatic carbocycles. The number of hydrogen-bond acceptors (Lipinski definition) is 3. The van der Waals surface area contributed by atoms with E-state index in [2.05, 4.69) is 36.1 Å². The molecule has 3 N–H and O–H groups in total. The molecule has 0 aliphatic carbocycles. The van der Waals surface area contributed by atoms with Crippen molar-refractivity contribution in [1.29, 1.82) is 0 Å². The van der Waals surface area contributed by atoms with E-state index in [-0.39, 0.29) is 24.4 Å². The van der Waals surface area contributed by atoms with Gasteiger partial charge in [0, 0.05) is 18.8 Å².